The van der Waals surface area contributed by atoms with Crippen molar-refractivity contribution < 1.29 is 14.6 Å². The van der Waals surface area contributed by atoms with Crippen LogP contribution in [-0.2, 0) is 29.1 Å². The van der Waals surface area contributed by atoms with E-state index in [0.29, 0.717) is 12.3 Å². The number of carbonyl (C=O) groups is 1. The molecule has 0 aliphatic rings. The van der Waals surface area contributed by atoms with Gasteiger partial charge in [0, 0.05) is 13.7 Å². The van der Waals surface area contributed by atoms with Gasteiger partial charge in [0.1, 0.15) is 5.69 Å². The second-order valence-electron chi connectivity index (χ2n) is 4.27. The number of methoxy groups -OCH3 is 1. The summed E-state index contributed by atoms with van der Waals surface area (Å²) >= 11 is 0. The number of nitrogens with two attached hydrogens (primary N) is 1. The van der Waals surface area contributed by atoms with E-state index in [-0.39, 0.29) is 13.0 Å². The molecule has 1 aromatic carbocycles. The summed E-state index contributed by atoms with van der Waals surface area (Å²) in [5.74, 6) is -0.857. The van der Waals surface area contributed by atoms with Crippen LogP contribution in [0.1, 0.15) is 17.0 Å². The number of nitrogens with zero attached hydrogens (tertiary/aromatic N) is 3. The van der Waals surface area contributed by atoms with E-state index in [1.165, 1.54) is 0 Å². The van der Waals surface area contributed by atoms with Crippen LogP contribution in [0.4, 0.5) is 0 Å². The van der Waals surface area contributed by atoms with E-state index in [1.54, 1.807) is 36.1 Å². The van der Waals surface area contributed by atoms with Gasteiger partial charge in [0.2, 0.25) is 0 Å². The van der Waals surface area contributed by atoms with Crippen molar-refractivity contribution in [3.8, 4) is 5.69 Å². The van der Waals surface area contributed by atoms with E-state index >= 15 is 0 Å². The second-order valence-corrected chi connectivity index (χ2v) is 4.27. The number of hydrogen-bond acceptors (Lipinski definition) is 5. The van der Waals surface area contributed by atoms with Crippen LogP contribution in [0, 0.1) is 0 Å². The number of benzene rings is 1. The van der Waals surface area contributed by atoms with Gasteiger partial charge in [-0.2, -0.15) is 0 Å². The number of ether oxygens (including phenoxy) is 1. The molecule has 0 bridgehead atoms. The Morgan fingerprint density at radius 3 is 2.65 bits per heavy atom. The molecule has 0 spiro atoms. The first-order chi connectivity index (χ1) is 9.65. The van der Waals surface area contributed by atoms with E-state index in [2.05, 4.69) is 10.3 Å². The first-order valence-electron chi connectivity index (χ1n) is 6.09. The fourth-order valence-corrected chi connectivity index (χ4v) is 1.91. The maximum Gasteiger partial charge on any atom is 0.307 e. The summed E-state index contributed by atoms with van der Waals surface area (Å²) in [7, 11) is 1.59. The third-order valence-corrected chi connectivity index (χ3v) is 2.85. The predicted octanol–water partition coefficient (Wildman–Crippen LogP) is 0.499. The standard InChI is InChI=1S/C13H16N4O3/c1-20-8-12-11(7-14)15-16-17(12)10-4-2-9(3-5-10)6-13(18)19/h2-5H,6-8,14H2,1H3,(H,18,19). The van der Waals surface area contributed by atoms with Crippen molar-refractivity contribution in [2.24, 2.45) is 5.73 Å². The molecule has 106 valence electrons. The fraction of sp³-hybridized carbons (Fsp3) is 0.308. The Morgan fingerprint density at radius 1 is 1.40 bits per heavy atom. The minimum atomic E-state index is -0.857. The summed E-state index contributed by atoms with van der Waals surface area (Å²) < 4.78 is 6.78. The smallest absolute Gasteiger partial charge is 0.307 e. The maximum absolute atomic E-state index is 10.6. The number of aromatic nitrogens is 3. The topological polar surface area (TPSA) is 103 Å². The Hall–Kier alpha value is -2.25. The van der Waals surface area contributed by atoms with Crippen LogP contribution in [0.3, 0.4) is 0 Å². The number of rotatable bonds is 6. The SMILES string of the molecule is COCc1c(CN)nnn1-c1ccc(CC(=O)O)cc1. The highest BCUT2D eigenvalue weighted by Gasteiger charge is 2.13. The van der Waals surface area contributed by atoms with E-state index < -0.39 is 5.97 Å². The number of carboxylic acid groups (broad SMARTS) is 1. The monoisotopic (exact) mass is 276 g/mol. The molecule has 7 heteroatoms. The quantitative estimate of drug-likeness (QED) is 0.796. The number of hydrogen-bond donors (Lipinski definition) is 2. The Kier molecular flexibility index (Phi) is 4.44. The largest absolute Gasteiger partial charge is 0.481 e. The van der Waals surface area contributed by atoms with Gasteiger partial charge in [-0.3, -0.25) is 4.79 Å². The lowest BCUT2D eigenvalue weighted by Crippen LogP contribution is -2.07. The molecule has 0 unspecified atom stereocenters. The molecule has 20 heavy (non-hydrogen) atoms. The Morgan fingerprint density at radius 2 is 2.10 bits per heavy atom. The zero-order valence-electron chi connectivity index (χ0n) is 11.1. The first-order valence-corrected chi connectivity index (χ1v) is 6.09. The predicted molar refractivity (Wildman–Crippen MR) is 71.3 cm³/mol. The fourth-order valence-electron chi connectivity index (χ4n) is 1.91. The molecule has 7 nitrogen and oxygen atoms in total. The molecule has 0 aliphatic carbocycles. The molecule has 0 saturated carbocycles. The van der Waals surface area contributed by atoms with Gasteiger partial charge in [0.05, 0.1) is 24.4 Å². The highest BCUT2D eigenvalue weighted by molar-refractivity contribution is 5.70. The van der Waals surface area contributed by atoms with E-state index in [9.17, 15) is 4.79 Å². The molecule has 2 aromatic rings. The third-order valence-electron chi connectivity index (χ3n) is 2.85. The van der Waals surface area contributed by atoms with Crippen LogP contribution in [0.25, 0.3) is 5.69 Å². The lowest BCUT2D eigenvalue weighted by molar-refractivity contribution is -0.136. The molecular formula is C13H16N4O3. The summed E-state index contributed by atoms with van der Waals surface area (Å²) in [6, 6.07) is 7.10. The van der Waals surface area contributed by atoms with Gasteiger partial charge >= 0.3 is 5.97 Å². The van der Waals surface area contributed by atoms with Crippen LogP contribution in [-0.4, -0.2) is 33.2 Å². The van der Waals surface area contributed by atoms with Crippen molar-refractivity contribution in [3.05, 3.63) is 41.2 Å². The molecule has 1 aromatic heterocycles. The zero-order valence-corrected chi connectivity index (χ0v) is 11.1. The normalized spacial score (nSPS) is 10.7. The van der Waals surface area contributed by atoms with Crippen molar-refractivity contribution in [2.75, 3.05) is 7.11 Å². The van der Waals surface area contributed by atoms with Crippen LogP contribution in [0.2, 0.25) is 0 Å². The van der Waals surface area contributed by atoms with Gasteiger partial charge in [0.15, 0.2) is 0 Å². The van der Waals surface area contributed by atoms with Gasteiger partial charge in [-0.15, -0.1) is 5.10 Å². The molecule has 0 amide bonds. The minimum absolute atomic E-state index is 0.00336. The average Bonchev–Trinajstić information content (AvgIpc) is 2.82. The van der Waals surface area contributed by atoms with Gasteiger partial charge in [-0.1, -0.05) is 17.3 Å². The Balaban J connectivity index is 2.31. The average molecular weight is 276 g/mol. The van der Waals surface area contributed by atoms with E-state index in [4.69, 9.17) is 15.6 Å². The Labute approximate surface area is 116 Å². The van der Waals surface area contributed by atoms with Crippen molar-refractivity contribution >= 4 is 5.97 Å². The highest BCUT2D eigenvalue weighted by Crippen LogP contribution is 2.15. The summed E-state index contributed by atoms with van der Waals surface area (Å²) in [6.07, 6.45) is -0.00336. The molecule has 0 atom stereocenters. The second kappa shape index (κ2) is 6.27. The summed E-state index contributed by atoms with van der Waals surface area (Å²) in [6.45, 7) is 0.645. The lowest BCUT2D eigenvalue weighted by Gasteiger charge is -2.07. The first kappa shape index (κ1) is 14.2. The van der Waals surface area contributed by atoms with Gasteiger partial charge in [-0.05, 0) is 17.7 Å². The molecular weight excluding hydrogens is 260 g/mol. The Bertz CT molecular complexity index is 592. The zero-order chi connectivity index (χ0) is 14.5. The van der Waals surface area contributed by atoms with Gasteiger partial charge in [0.25, 0.3) is 0 Å². The maximum atomic E-state index is 10.6. The van der Waals surface area contributed by atoms with Crippen LogP contribution in [0.5, 0.6) is 0 Å². The van der Waals surface area contributed by atoms with Crippen molar-refractivity contribution in [1.82, 2.24) is 15.0 Å². The summed E-state index contributed by atoms with van der Waals surface area (Å²) in [4.78, 5) is 10.6. The summed E-state index contributed by atoms with van der Waals surface area (Å²) in [5.41, 5.74) is 8.61. The number of aliphatic carboxylic acids is 1. The van der Waals surface area contributed by atoms with E-state index in [0.717, 1.165) is 16.9 Å². The van der Waals surface area contributed by atoms with Crippen molar-refractivity contribution in [3.63, 3.8) is 0 Å². The molecule has 0 fully saturated rings. The third kappa shape index (κ3) is 3.01. The van der Waals surface area contributed by atoms with Crippen LogP contribution >= 0.6 is 0 Å². The molecule has 0 radical (unpaired) electrons. The minimum Gasteiger partial charge on any atom is -0.481 e. The lowest BCUT2D eigenvalue weighted by atomic mass is 10.1. The van der Waals surface area contributed by atoms with Crippen LogP contribution in [0.15, 0.2) is 24.3 Å². The van der Waals surface area contributed by atoms with Crippen LogP contribution < -0.4 is 5.73 Å². The summed E-state index contributed by atoms with van der Waals surface area (Å²) in [5, 5.41) is 16.8. The van der Waals surface area contributed by atoms with Gasteiger partial charge in [-0.25, -0.2) is 4.68 Å². The van der Waals surface area contributed by atoms with Gasteiger partial charge < -0.3 is 15.6 Å². The molecule has 1 heterocycles. The van der Waals surface area contributed by atoms with Crippen molar-refractivity contribution in [1.29, 1.82) is 0 Å². The molecule has 2 rings (SSSR count). The highest BCUT2D eigenvalue weighted by atomic mass is 16.5. The molecule has 3 N–H and O–H groups in total. The van der Waals surface area contributed by atoms with E-state index in [1.807, 2.05) is 0 Å². The number of carboxylic acids is 1. The molecule has 0 aliphatic heterocycles. The molecule has 0 saturated heterocycles. The van der Waals surface area contributed by atoms with Crippen molar-refractivity contribution in [2.45, 2.75) is 19.6 Å².